The van der Waals surface area contributed by atoms with E-state index in [1.807, 2.05) is 6.92 Å². The fourth-order valence-corrected chi connectivity index (χ4v) is 3.69. The number of hydrogen-bond donors (Lipinski definition) is 1. The molecule has 1 aromatic rings. The third kappa shape index (κ3) is 2.49. The predicted molar refractivity (Wildman–Crippen MR) is 75.3 cm³/mol. The van der Waals surface area contributed by atoms with Gasteiger partial charge in [-0.3, -0.25) is 0 Å². The highest BCUT2D eigenvalue weighted by atomic mass is 16.5. The lowest BCUT2D eigenvalue weighted by Crippen LogP contribution is -2.32. The van der Waals surface area contributed by atoms with E-state index < -0.39 is 0 Å². The second kappa shape index (κ2) is 5.82. The SMILES string of the molecule is CCOC1(c2noc(C3CCCCC3N)n2)CCCC1. The molecule has 2 atom stereocenters. The Morgan fingerprint density at radius 2 is 2.00 bits per heavy atom. The van der Waals surface area contributed by atoms with Crippen molar-refractivity contribution >= 4 is 0 Å². The molecule has 0 saturated heterocycles. The Morgan fingerprint density at radius 1 is 1.25 bits per heavy atom. The molecule has 0 radical (unpaired) electrons. The molecule has 5 nitrogen and oxygen atoms in total. The molecule has 2 saturated carbocycles. The summed E-state index contributed by atoms with van der Waals surface area (Å²) in [4.78, 5) is 4.67. The molecule has 2 aliphatic rings. The summed E-state index contributed by atoms with van der Waals surface area (Å²) in [5.41, 5.74) is 5.90. The minimum atomic E-state index is -0.310. The van der Waals surface area contributed by atoms with Gasteiger partial charge in [0, 0.05) is 12.6 Å². The third-order valence-electron chi connectivity index (χ3n) is 4.82. The first-order valence-corrected chi connectivity index (χ1v) is 7.99. The van der Waals surface area contributed by atoms with Crippen LogP contribution in [0.25, 0.3) is 0 Å². The van der Waals surface area contributed by atoms with Crippen LogP contribution in [0.15, 0.2) is 4.52 Å². The van der Waals surface area contributed by atoms with Gasteiger partial charge in [-0.15, -0.1) is 0 Å². The van der Waals surface area contributed by atoms with E-state index in [4.69, 9.17) is 15.0 Å². The average Bonchev–Trinajstić information content (AvgIpc) is 3.09. The van der Waals surface area contributed by atoms with Crippen molar-refractivity contribution in [1.29, 1.82) is 0 Å². The molecular formula is C15H25N3O2. The highest BCUT2D eigenvalue weighted by Crippen LogP contribution is 2.41. The second-order valence-corrected chi connectivity index (χ2v) is 6.15. The molecule has 0 spiro atoms. The molecule has 0 aliphatic heterocycles. The molecule has 2 fully saturated rings. The van der Waals surface area contributed by atoms with Crippen LogP contribution in [0.2, 0.25) is 0 Å². The van der Waals surface area contributed by atoms with Gasteiger partial charge in [-0.1, -0.05) is 18.0 Å². The molecule has 3 rings (SSSR count). The first-order chi connectivity index (χ1) is 9.75. The summed E-state index contributed by atoms with van der Waals surface area (Å²) in [7, 11) is 0. The normalized spacial score (nSPS) is 29.7. The van der Waals surface area contributed by atoms with Gasteiger partial charge in [0.2, 0.25) is 11.7 Å². The summed E-state index contributed by atoms with van der Waals surface area (Å²) in [6, 6.07) is 0.156. The summed E-state index contributed by atoms with van der Waals surface area (Å²) in [6.45, 7) is 2.71. The summed E-state index contributed by atoms with van der Waals surface area (Å²) in [5, 5.41) is 4.23. The van der Waals surface area contributed by atoms with Gasteiger partial charge in [-0.25, -0.2) is 0 Å². The van der Waals surface area contributed by atoms with Crippen LogP contribution in [0.5, 0.6) is 0 Å². The van der Waals surface area contributed by atoms with E-state index in [2.05, 4.69) is 10.1 Å². The van der Waals surface area contributed by atoms with Gasteiger partial charge >= 0.3 is 0 Å². The molecule has 0 bridgehead atoms. The zero-order chi connectivity index (χ0) is 14.0. The molecule has 2 aliphatic carbocycles. The topological polar surface area (TPSA) is 74.2 Å². The van der Waals surface area contributed by atoms with Gasteiger partial charge in [0.15, 0.2) is 0 Å². The summed E-state index contributed by atoms with van der Waals surface area (Å²) < 4.78 is 11.5. The quantitative estimate of drug-likeness (QED) is 0.917. The highest BCUT2D eigenvalue weighted by molar-refractivity contribution is 5.08. The van der Waals surface area contributed by atoms with Crippen molar-refractivity contribution in [1.82, 2.24) is 10.1 Å². The van der Waals surface area contributed by atoms with Crippen molar-refractivity contribution in [3.8, 4) is 0 Å². The van der Waals surface area contributed by atoms with E-state index in [-0.39, 0.29) is 17.6 Å². The first kappa shape index (κ1) is 14.0. The third-order valence-corrected chi connectivity index (χ3v) is 4.82. The standard InChI is InChI=1S/C15H25N3O2/c1-2-19-15(9-5-6-10-15)14-17-13(20-18-14)11-7-3-4-8-12(11)16/h11-12H,2-10,16H2,1H3. The van der Waals surface area contributed by atoms with Crippen LogP contribution in [0.3, 0.4) is 0 Å². The van der Waals surface area contributed by atoms with E-state index in [0.29, 0.717) is 6.61 Å². The van der Waals surface area contributed by atoms with Crippen LogP contribution < -0.4 is 5.73 Å². The highest BCUT2D eigenvalue weighted by Gasteiger charge is 2.41. The van der Waals surface area contributed by atoms with Crippen molar-refractivity contribution in [3.63, 3.8) is 0 Å². The Balaban J connectivity index is 1.81. The fraction of sp³-hybridized carbons (Fsp3) is 0.867. The lowest BCUT2D eigenvalue weighted by Gasteiger charge is -2.26. The molecule has 2 N–H and O–H groups in total. The number of aromatic nitrogens is 2. The fourth-order valence-electron chi connectivity index (χ4n) is 3.69. The van der Waals surface area contributed by atoms with Gasteiger partial charge in [0.05, 0.1) is 5.92 Å². The maximum Gasteiger partial charge on any atom is 0.231 e. The van der Waals surface area contributed by atoms with E-state index in [1.165, 1.54) is 25.7 Å². The van der Waals surface area contributed by atoms with Crippen molar-refractivity contribution in [3.05, 3.63) is 11.7 Å². The minimum Gasteiger partial charge on any atom is -0.367 e. The van der Waals surface area contributed by atoms with Crippen LogP contribution in [0.4, 0.5) is 0 Å². The number of hydrogen-bond acceptors (Lipinski definition) is 5. The van der Waals surface area contributed by atoms with Gasteiger partial charge < -0.3 is 15.0 Å². The van der Waals surface area contributed by atoms with Gasteiger partial charge in [0.25, 0.3) is 0 Å². The van der Waals surface area contributed by atoms with Crippen molar-refractivity contribution in [2.75, 3.05) is 6.61 Å². The summed E-state index contributed by atoms with van der Waals surface area (Å²) >= 11 is 0. The van der Waals surface area contributed by atoms with Crippen molar-refractivity contribution in [2.24, 2.45) is 5.73 Å². The Bertz CT molecular complexity index is 440. The molecule has 20 heavy (non-hydrogen) atoms. The van der Waals surface area contributed by atoms with E-state index >= 15 is 0 Å². The van der Waals surface area contributed by atoms with Crippen LogP contribution >= 0.6 is 0 Å². The Kier molecular flexibility index (Phi) is 4.08. The predicted octanol–water partition coefficient (Wildman–Crippen LogP) is 2.86. The number of rotatable bonds is 4. The molecule has 5 heteroatoms. The summed E-state index contributed by atoms with van der Waals surface area (Å²) in [5.74, 6) is 1.69. The lowest BCUT2D eigenvalue weighted by atomic mass is 9.85. The Morgan fingerprint density at radius 3 is 2.70 bits per heavy atom. The molecule has 1 aromatic heterocycles. The Labute approximate surface area is 120 Å². The smallest absolute Gasteiger partial charge is 0.231 e. The van der Waals surface area contributed by atoms with Gasteiger partial charge in [0.1, 0.15) is 5.60 Å². The first-order valence-electron chi connectivity index (χ1n) is 7.99. The molecule has 2 unspecified atom stereocenters. The zero-order valence-corrected chi connectivity index (χ0v) is 12.3. The second-order valence-electron chi connectivity index (χ2n) is 6.15. The largest absolute Gasteiger partial charge is 0.367 e. The van der Waals surface area contributed by atoms with Gasteiger partial charge in [-0.2, -0.15) is 4.98 Å². The lowest BCUT2D eigenvalue weighted by molar-refractivity contribution is -0.0469. The van der Waals surface area contributed by atoms with Crippen LogP contribution in [0, 0.1) is 0 Å². The van der Waals surface area contributed by atoms with Gasteiger partial charge in [-0.05, 0) is 45.4 Å². The molecular weight excluding hydrogens is 254 g/mol. The molecule has 112 valence electrons. The Hall–Kier alpha value is -0.940. The number of nitrogens with two attached hydrogens (primary N) is 1. The maximum atomic E-state index is 6.21. The van der Waals surface area contributed by atoms with Crippen LogP contribution in [-0.2, 0) is 10.3 Å². The van der Waals surface area contributed by atoms with Crippen LogP contribution in [-0.4, -0.2) is 22.8 Å². The van der Waals surface area contributed by atoms with Crippen molar-refractivity contribution in [2.45, 2.75) is 75.9 Å². The zero-order valence-electron chi connectivity index (χ0n) is 12.3. The number of ether oxygens (including phenoxy) is 1. The van der Waals surface area contributed by atoms with E-state index in [9.17, 15) is 0 Å². The van der Waals surface area contributed by atoms with E-state index in [1.54, 1.807) is 0 Å². The number of nitrogens with zero attached hydrogens (tertiary/aromatic N) is 2. The monoisotopic (exact) mass is 279 g/mol. The van der Waals surface area contributed by atoms with Crippen molar-refractivity contribution < 1.29 is 9.26 Å². The molecule has 0 amide bonds. The average molecular weight is 279 g/mol. The molecule has 1 heterocycles. The van der Waals surface area contributed by atoms with Crippen LogP contribution in [0.1, 0.15) is 75.9 Å². The minimum absolute atomic E-state index is 0.156. The van der Waals surface area contributed by atoms with E-state index in [0.717, 1.165) is 37.4 Å². The summed E-state index contributed by atoms with van der Waals surface area (Å²) in [6.07, 6.45) is 8.87. The maximum absolute atomic E-state index is 6.21. The molecule has 0 aromatic carbocycles.